The molecule has 0 radical (unpaired) electrons. The molecule has 1 N–H and O–H groups in total. The predicted octanol–water partition coefficient (Wildman–Crippen LogP) is 3.96. The minimum atomic E-state index is -0.0489. The smallest absolute Gasteiger partial charge is 0.136 e. The van der Waals surface area contributed by atoms with Gasteiger partial charge in [-0.05, 0) is 86.9 Å². The van der Waals surface area contributed by atoms with Gasteiger partial charge in [-0.15, -0.1) is 0 Å². The van der Waals surface area contributed by atoms with Crippen molar-refractivity contribution >= 4 is 5.78 Å². The van der Waals surface area contributed by atoms with Crippen molar-refractivity contribution < 1.29 is 9.90 Å². The molecule has 0 aromatic rings. The molecule has 0 saturated heterocycles. The van der Waals surface area contributed by atoms with E-state index in [1.54, 1.807) is 0 Å². The highest BCUT2D eigenvalue weighted by atomic mass is 16.3. The Labute approximate surface area is 128 Å². The number of Topliss-reactive ketones (excluding diaryl/α,β-unsaturated/α-hetero) is 1. The van der Waals surface area contributed by atoms with E-state index in [1.165, 1.54) is 32.1 Å². The van der Waals surface area contributed by atoms with E-state index in [0.717, 1.165) is 49.9 Å². The maximum Gasteiger partial charge on any atom is 0.136 e. The zero-order chi connectivity index (χ0) is 14.6. The van der Waals surface area contributed by atoms with E-state index < -0.39 is 0 Å². The second kappa shape index (κ2) is 5.08. The molecule has 0 heterocycles. The number of rotatable bonds is 0. The van der Waals surface area contributed by atoms with Gasteiger partial charge in [0.1, 0.15) is 5.78 Å². The highest BCUT2D eigenvalue weighted by Gasteiger charge is 2.55. The zero-order valence-electron chi connectivity index (χ0n) is 13.4. The summed E-state index contributed by atoms with van der Waals surface area (Å²) in [5.74, 6) is 4.07. The molecule has 4 aliphatic rings. The van der Waals surface area contributed by atoms with Crippen LogP contribution in [0.2, 0.25) is 0 Å². The fraction of sp³-hybridized carbons (Fsp3) is 0.947. The first-order valence-electron chi connectivity index (χ1n) is 9.30. The van der Waals surface area contributed by atoms with Crippen molar-refractivity contribution in [3.05, 3.63) is 0 Å². The van der Waals surface area contributed by atoms with Crippen LogP contribution in [-0.2, 0) is 4.79 Å². The molecule has 4 saturated carbocycles. The maximum absolute atomic E-state index is 12.3. The Bertz CT molecular complexity index is 431. The first kappa shape index (κ1) is 14.2. The topological polar surface area (TPSA) is 37.3 Å². The number of carbonyl (C=O) groups excluding carboxylic acids is 1. The van der Waals surface area contributed by atoms with Gasteiger partial charge < -0.3 is 5.11 Å². The van der Waals surface area contributed by atoms with Crippen LogP contribution in [0.5, 0.6) is 0 Å². The summed E-state index contributed by atoms with van der Waals surface area (Å²) in [7, 11) is 0. The number of hydrogen-bond acceptors (Lipinski definition) is 2. The molecule has 7 atom stereocenters. The molecule has 4 aliphatic carbocycles. The minimum absolute atomic E-state index is 0.0489. The molecule has 4 rings (SSSR count). The molecule has 21 heavy (non-hydrogen) atoms. The van der Waals surface area contributed by atoms with Crippen molar-refractivity contribution in [2.75, 3.05) is 0 Å². The quantitative estimate of drug-likeness (QED) is 0.733. The normalized spacial score (nSPS) is 53.5. The Morgan fingerprint density at radius 3 is 2.76 bits per heavy atom. The SMILES string of the molecule is C[C@]12CC[C@H](O)C[C@@H]1CC[C@H]1[C@H]3CCCC(=O)[C@@H]3CC[C@@H]12. The summed E-state index contributed by atoms with van der Waals surface area (Å²) < 4.78 is 0. The molecule has 0 spiro atoms. The lowest BCUT2D eigenvalue weighted by atomic mass is 9.45. The first-order valence-corrected chi connectivity index (χ1v) is 9.30. The molecule has 0 bridgehead atoms. The summed E-state index contributed by atoms with van der Waals surface area (Å²) in [5.41, 5.74) is 0.452. The third kappa shape index (κ3) is 2.12. The third-order valence-corrected chi connectivity index (χ3v) is 7.95. The highest BCUT2D eigenvalue weighted by Crippen LogP contribution is 2.62. The lowest BCUT2D eigenvalue weighted by molar-refractivity contribution is -0.142. The molecule has 0 amide bonds. The van der Waals surface area contributed by atoms with Gasteiger partial charge in [-0.25, -0.2) is 0 Å². The van der Waals surface area contributed by atoms with Crippen LogP contribution in [0.4, 0.5) is 0 Å². The maximum atomic E-state index is 12.3. The van der Waals surface area contributed by atoms with Crippen LogP contribution in [0, 0.1) is 35.0 Å². The van der Waals surface area contributed by atoms with Crippen LogP contribution in [0.1, 0.15) is 71.1 Å². The number of hydrogen-bond donors (Lipinski definition) is 1. The number of carbonyl (C=O) groups is 1. The molecule has 118 valence electrons. The monoisotopic (exact) mass is 290 g/mol. The van der Waals surface area contributed by atoms with E-state index in [4.69, 9.17) is 0 Å². The van der Waals surface area contributed by atoms with Gasteiger partial charge in [-0.3, -0.25) is 4.79 Å². The summed E-state index contributed by atoms with van der Waals surface area (Å²) in [4.78, 5) is 12.3. The van der Waals surface area contributed by atoms with E-state index >= 15 is 0 Å². The van der Waals surface area contributed by atoms with Crippen LogP contribution in [0.15, 0.2) is 0 Å². The van der Waals surface area contributed by atoms with Crippen LogP contribution in [0.3, 0.4) is 0 Å². The van der Waals surface area contributed by atoms with Gasteiger partial charge in [-0.2, -0.15) is 0 Å². The molecule has 0 aliphatic heterocycles. The van der Waals surface area contributed by atoms with E-state index in [0.29, 0.717) is 23.0 Å². The van der Waals surface area contributed by atoms with Gasteiger partial charge in [0, 0.05) is 12.3 Å². The second-order valence-corrected chi connectivity index (χ2v) is 8.68. The molecular weight excluding hydrogens is 260 g/mol. The van der Waals surface area contributed by atoms with E-state index in [2.05, 4.69) is 6.92 Å². The number of aliphatic hydroxyl groups is 1. The van der Waals surface area contributed by atoms with Gasteiger partial charge in [0.25, 0.3) is 0 Å². The average molecular weight is 290 g/mol. The van der Waals surface area contributed by atoms with Crippen molar-refractivity contribution in [3.8, 4) is 0 Å². The van der Waals surface area contributed by atoms with Gasteiger partial charge in [0.2, 0.25) is 0 Å². The van der Waals surface area contributed by atoms with Crippen molar-refractivity contribution in [2.24, 2.45) is 35.0 Å². The van der Waals surface area contributed by atoms with Gasteiger partial charge >= 0.3 is 0 Å². The van der Waals surface area contributed by atoms with Gasteiger partial charge in [0.05, 0.1) is 6.10 Å². The molecule has 0 aromatic heterocycles. The first-order chi connectivity index (χ1) is 10.1. The molecule has 0 unspecified atom stereocenters. The van der Waals surface area contributed by atoms with Crippen LogP contribution >= 0.6 is 0 Å². The summed E-state index contributed by atoms with van der Waals surface area (Å²) in [6, 6.07) is 0. The van der Waals surface area contributed by atoms with E-state index in [1.807, 2.05) is 0 Å². The second-order valence-electron chi connectivity index (χ2n) is 8.68. The molecular formula is C19H30O2. The van der Waals surface area contributed by atoms with Crippen LogP contribution in [-0.4, -0.2) is 17.0 Å². The van der Waals surface area contributed by atoms with Crippen molar-refractivity contribution in [3.63, 3.8) is 0 Å². The van der Waals surface area contributed by atoms with Gasteiger partial charge in [0.15, 0.2) is 0 Å². The molecule has 2 nitrogen and oxygen atoms in total. The van der Waals surface area contributed by atoms with E-state index in [-0.39, 0.29) is 6.10 Å². The average Bonchev–Trinajstić information content (AvgIpc) is 2.48. The number of ketones is 1. The third-order valence-electron chi connectivity index (χ3n) is 7.95. The minimum Gasteiger partial charge on any atom is -0.393 e. The van der Waals surface area contributed by atoms with Crippen molar-refractivity contribution in [1.29, 1.82) is 0 Å². The highest BCUT2D eigenvalue weighted by molar-refractivity contribution is 5.82. The fourth-order valence-corrected chi connectivity index (χ4v) is 6.86. The van der Waals surface area contributed by atoms with Crippen molar-refractivity contribution in [2.45, 2.75) is 77.2 Å². The summed E-state index contributed by atoms with van der Waals surface area (Å²) in [6.45, 7) is 2.52. The summed E-state index contributed by atoms with van der Waals surface area (Å²) >= 11 is 0. The zero-order valence-corrected chi connectivity index (χ0v) is 13.4. The Morgan fingerprint density at radius 2 is 1.90 bits per heavy atom. The Kier molecular flexibility index (Phi) is 3.44. The Morgan fingerprint density at radius 1 is 1.05 bits per heavy atom. The van der Waals surface area contributed by atoms with Crippen LogP contribution in [0.25, 0.3) is 0 Å². The molecule has 0 aromatic carbocycles. The Hall–Kier alpha value is -0.370. The molecule has 2 heteroatoms. The predicted molar refractivity (Wildman–Crippen MR) is 82.7 cm³/mol. The fourth-order valence-electron chi connectivity index (χ4n) is 6.86. The number of fused-ring (bicyclic) bond motifs is 5. The lowest BCUT2D eigenvalue weighted by Crippen LogP contribution is -2.53. The van der Waals surface area contributed by atoms with Gasteiger partial charge in [-0.1, -0.05) is 6.92 Å². The summed E-state index contributed by atoms with van der Waals surface area (Å²) in [5, 5.41) is 10.0. The van der Waals surface area contributed by atoms with Crippen molar-refractivity contribution in [1.82, 2.24) is 0 Å². The molecule has 4 fully saturated rings. The largest absolute Gasteiger partial charge is 0.393 e. The van der Waals surface area contributed by atoms with E-state index in [9.17, 15) is 9.90 Å². The Balaban J connectivity index is 1.60. The lowest BCUT2D eigenvalue weighted by Gasteiger charge is -2.59. The standard InChI is InChI=1S/C19H30O2/c1-19-10-9-13(20)11-12(19)5-6-15-14-3-2-4-18(21)16(14)7-8-17(15)19/h12-17,20H,2-11H2,1H3/t12-,13-,14+,15-,16+,17-,19-/m0/s1. The van der Waals surface area contributed by atoms with Crippen LogP contribution < -0.4 is 0 Å². The number of aliphatic hydroxyl groups excluding tert-OH is 1. The summed E-state index contributed by atoms with van der Waals surface area (Å²) in [6.07, 6.45) is 11.6.